The number of aromatic nitrogens is 2. The molecule has 2 bridgehead atoms. The number of benzene rings is 1. The number of hydrogen-bond donors (Lipinski definition) is 1. The molecule has 4 atom stereocenters. The Labute approximate surface area is 152 Å². The quantitative estimate of drug-likeness (QED) is 0.912. The van der Waals surface area contributed by atoms with Crippen molar-refractivity contribution in [1.82, 2.24) is 10.2 Å². The van der Waals surface area contributed by atoms with Crippen LogP contribution in [0.2, 0.25) is 0 Å². The number of rotatable bonds is 3. The lowest BCUT2D eigenvalue weighted by Gasteiger charge is -2.38. The second-order valence-corrected chi connectivity index (χ2v) is 7.42. The molecule has 134 valence electrons. The fourth-order valence-electron chi connectivity index (χ4n) is 4.41. The number of alkyl halides is 1. The summed E-state index contributed by atoms with van der Waals surface area (Å²) in [4.78, 5) is 1.90. The first-order valence-electron chi connectivity index (χ1n) is 9.01. The second-order valence-electron chi connectivity index (χ2n) is 7.42. The van der Waals surface area contributed by atoms with E-state index in [1.807, 2.05) is 18.0 Å². The lowest BCUT2D eigenvalue weighted by molar-refractivity contribution is 0.144. The SMILES string of the molecule is CN(c1ccc(-c2cc(C#N)ccc2O)nn1)[C@@H]1C[C@H]2CC[C@H](C2)[C@@H]1F. The maximum absolute atomic E-state index is 14.8. The molecule has 0 aliphatic heterocycles. The van der Waals surface area contributed by atoms with Crippen LogP contribution in [0.1, 0.15) is 31.2 Å². The first-order valence-corrected chi connectivity index (χ1v) is 9.01. The summed E-state index contributed by atoms with van der Waals surface area (Å²) >= 11 is 0. The van der Waals surface area contributed by atoms with Gasteiger partial charge in [-0.2, -0.15) is 5.26 Å². The van der Waals surface area contributed by atoms with E-state index in [1.165, 1.54) is 6.07 Å². The van der Waals surface area contributed by atoms with Crippen molar-refractivity contribution in [2.75, 3.05) is 11.9 Å². The first kappa shape index (κ1) is 16.8. The number of hydrogen-bond acceptors (Lipinski definition) is 5. The molecule has 1 aromatic carbocycles. The Morgan fingerprint density at radius 1 is 1.19 bits per heavy atom. The number of phenolic OH excluding ortho intramolecular Hbond substituents is 1. The number of phenols is 1. The minimum absolute atomic E-state index is 0.0482. The molecule has 0 saturated heterocycles. The Hall–Kier alpha value is -2.68. The van der Waals surface area contributed by atoms with E-state index in [2.05, 4.69) is 10.2 Å². The van der Waals surface area contributed by atoms with E-state index in [-0.39, 0.29) is 17.7 Å². The highest BCUT2D eigenvalue weighted by Gasteiger charge is 2.44. The van der Waals surface area contributed by atoms with Crippen molar-refractivity contribution in [1.29, 1.82) is 5.26 Å². The Morgan fingerprint density at radius 3 is 2.77 bits per heavy atom. The Balaban J connectivity index is 1.57. The van der Waals surface area contributed by atoms with Gasteiger partial charge in [-0.3, -0.25) is 0 Å². The van der Waals surface area contributed by atoms with Crippen LogP contribution in [0.25, 0.3) is 11.3 Å². The predicted molar refractivity (Wildman–Crippen MR) is 96.4 cm³/mol. The molecule has 1 aromatic heterocycles. The van der Waals surface area contributed by atoms with Gasteiger partial charge in [0.25, 0.3) is 0 Å². The van der Waals surface area contributed by atoms with E-state index < -0.39 is 6.17 Å². The van der Waals surface area contributed by atoms with Gasteiger partial charge in [-0.1, -0.05) is 0 Å². The minimum atomic E-state index is -0.823. The average molecular weight is 352 g/mol. The molecule has 26 heavy (non-hydrogen) atoms. The monoisotopic (exact) mass is 352 g/mol. The molecule has 2 aliphatic carbocycles. The van der Waals surface area contributed by atoms with Crippen molar-refractivity contribution in [2.24, 2.45) is 11.8 Å². The molecule has 2 saturated carbocycles. The minimum Gasteiger partial charge on any atom is -0.507 e. The van der Waals surface area contributed by atoms with Crippen LogP contribution in [0.3, 0.4) is 0 Å². The van der Waals surface area contributed by atoms with Gasteiger partial charge in [-0.25, -0.2) is 4.39 Å². The van der Waals surface area contributed by atoms with Gasteiger partial charge in [0.1, 0.15) is 11.9 Å². The van der Waals surface area contributed by atoms with E-state index in [9.17, 15) is 9.50 Å². The van der Waals surface area contributed by atoms with Crippen LogP contribution >= 0.6 is 0 Å². The number of anilines is 1. The number of halogens is 1. The number of aromatic hydroxyl groups is 1. The number of nitrogens with zero attached hydrogens (tertiary/aromatic N) is 4. The van der Waals surface area contributed by atoms with Gasteiger partial charge in [0.2, 0.25) is 0 Å². The molecule has 0 unspecified atom stereocenters. The fraction of sp³-hybridized carbons (Fsp3) is 0.450. The predicted octanol–water partition coefficient (Wildman–Crippen LogP) is 3.68. The summed E-state index contributed by atoms with van der Waals surface area (Å²) in [7, 11) is 1.87. The Morgan fingerprint density at radius 2 is 2.04 bits per heavy atom. The van der Waals surface area contributed by atoms with Crippen molar-refractivity contribution >= 4 is 5.82 Å². The smallest absolute Gasteiger partial charge is 0.151 e. The van der Waals surface area contributed by atoms with E-state index in [4.69, 9.17) is 5.26 Å². The summed E-state index contributed by atoms with van der Waals surface area (Å²) in [6.07, 6.45) is 3.19. The lowest BCUT2D eigenvalue weighted by Crippen LogP contribution is -2.46. The van der Waals surface area contributed by atoms with Crippen molar-refractivity contribution in [3.05, 3.63) is 35.9 Å². The summed E-state index contributed by atoms with van der Waals surface area (Å²) in [6, 6.07) is 10.0. The van der Waals surface area contributed by atoms with Crippen LogP contribution in [0.15, 0.2) is 30.3 Å². The van der Waals surface area contributed by atoms with Crippen molar-refractivity contribution < 1.29 is 9.50 Å². The maximum atomic E-state index is 14.8. The largest absolute Gasteiger partial charge is 0.507 e. The summed E-state index contributed by atoms with van der Waals surface area (Å²) in [5, 5.41) is 27.5. The van der Waals surface area contributed by atoms with Crippen LogP contribution < -0.4 is 4.90 Å². The van der Waals surface area contributed by atoms with Gasteiger partial charge in [0.15, 0.2) is 5.82 Å². The van der Waals surface area contributed by atoms with Gasteiger partial charge in [-0.15, -0.1) is 10.2 Å². The molecule has 0 radical (unpaired) electrons. The molecule has 1 heterocycles. The third-order valence-electron chi connectivity index (χ3n) is 5.89. The van der Waals surface area contributed by atoms with Crippen molar-refractivity contribution in [3.63, 3.8) is 0 Å². The molecule has 0 spiro atoms. The van der Waals surface area contributed by atoms with Gasteiger partial charge in [0.05, 0.1) is 23.4 Å². The van der Waals surface area contributed by atoms with Crippen molar-refractivity contribution in [3.8, 4) is 23.1 Å². The zero-order valence-electron chi connectivity index (χ0n) is 14.6. The van der Waals surface area contributed by atoms with E-state index in [1.54, 1.807) is 24.3 Å². The van der Waals surface area contributed by atoms with E-state index in [0.717, 1.165) is 25.7 Å². The highest BCUT2D eigenvalue weighted by atomic mass is 19.1. The Bertz CT molecular complexity index is 848. The molecule has 2 aromatic rings. The van der Waals surface area contributed by atoms with Gasteiger partial charge in [-0.05, 0) is 67.9 Å². The number of nitriles is 1. The number of fused-ring (bicyclic) bond motifs is 2. The van der Waals surface area contributed by atoms with Crippen LogP contribution in [-0.4, -0.2) is 34.6 Å². The topological polar surface area (TPSA) is 73.0 Å². The normalized spacial score (nSPS) is 27.1. The molecule has 2 fully saturated rings. The molecule has 2 aliphatic rings. The summed E-state index contributed by atoms with van der Waals surface area (Å²) in [5.41, 5.74) is 1.39. The van der Waals surface area contributed by atoms with E-state index in [0.29, 0.717) is 28.6 Å². The zero-order chi connectivity index (χ0) is 18.3. The highest BCUT2D eigenvalue weighted by Crippen LogP contribution is 2.45. The Kier molecular flexibility index (Phi) is 4.23. The summed E-state index contributed by atoms with van der Waals surface area (Å²) in [5.74, 6) is 1.47. The summed E-state index contributed by atoms with van der Waals surface area (Å²) in [6.45, 7) is 0. The maximum Gasteiger partial charge on any atom is 0.151 e. The van der Waals surface area contributed by atoms with Gasteiger partial charge < -0.3 is 10.0 Å². The van der Waals surface area contributed by atoms with Gasteiger partial charge in [0, 0.05) is 12.6 Å². The standard InChI is InChI=1S/C20H21FN4O/c1-25(17-10-12-2-4-14(8-12)20(17)21)19-7-5-16(23-24-19)15-9-13(11-22)3-6-18(15)26/h3,5-7,9,12,14,17,20,26H,2,4,8,10H2,1H3/t12-,14+,17+,20-/m0/s1. The molecule has 4 rings (SSSR count). The molecular weight excluding hydrogens is 331 g/mol. The molecule has 6 heteroatoms. The zero-order valence-corrected chi connectivity index (χ0v) is 14.6. The molecule has 5 nitrogen and oxygen atoms in total. The first-order chi connectivity index (χ1) is 12.6. The van der Waals surface area contributed by atoms with Gasteiger partial charge >= 0.3 is 0 Å². The van der Waals surface area contributed by atoms with E-state index >= 15 is 0 Å². The molecule has 0 amide bonds. The second kappa shape index (κ2) is 6.56. The molecule has 1 N–H and O–H groups in total. The van der Waals surface area contributed by atoms with Crippen LogP contribution in [0.4, 0.5) is 10.2 Å². The highest BCUT2D eigenvalue weighted by molar-refractivity contribution is 5.68. The summed E-state index contributed by atoms with van der Waals surface area (Å²) < 4.78 is 14.8. The average Bonchev–Trinajstić information content (AvgIpc) is 3.08. The third kappa shape index (κ3) is 2.88. The molecular formula is C20H21FN4O. The third-order valence-corrected chi connectivity index (χ3v) is 5.89. The van der Waals surface area contributed by atoms with Crippen LogP contribution in [0.5, 0.6) is 5.75 Å². The van der Waals surface area contributed by atoms with Crippen LogP contribution in [-0.2, 0) is 0 Å². The van der Waals surface area contributed by atoms with Crippen molar-refractivity contribution in [2.45, 2.75) is 37.9 Å². The fourth-order valence-corrected chi connectivity index (χ4v) is 4.41. The lowest BCUT2D eigenvalue weighted by atomic mass is 9.83. The van der Waals surface area contributed by atoms with Crippen LogP contribution in [0, 0.1) is 23.2 Å².